The van der Waals surface area contributed by atoms with E-state index in [0.29, 0.717) is 0 Å². The fraction of sp³-hybridized carbons (Fsp3) is 1.00. The number of hydrogen-bond donors (Lipinski definition) is 3. The quantitative estimate of drug-likeness (QED) is 0.479. The van der Waals surface area contributed by atoms with E-state index < -0.39 is 7.82 Å². The van der Waals surface area contributed by atoms with Crippen LogP contribution in [0.15, 0.2) is 0 Å². The van der Waals surface area contributed by atoms with Crippen molar-refractivity contribution >= 4 is 7.82 Å². The van der Waals surface area contributed by atoms with Gasteiger partial charge in [-0.2, -0.15) is 0 Å². The maximum atomic E-state index is 8.88. The summed E-state index contributed by atoms with van der Waals surface area (Å²) in [5.41, 5.74) is 0. The van der Waals surface area contributed by atoms with Crippen LogP contribution in [0.5, 0.6) is 0 Å². The van der Waals surface area contributed by atoms with Crippen molar-refractivity contribution in [2.45, 2.75) is 24.5 Å². The van der Waals surface area contributed by atoms with Gasteiger partial charge in [-0.05, 0) is 0 Å². The Hall–Kier alpha value is 0.629. The normalized spacial score (nSPS) is 10.5. The Morgan fingerprint density at radius 1 is 1.20 bits per heavy atom. The van der Waals surface area contributed by atoms with Crippen LogP contribution in [0.1, 0.15) is 13.8 Å². The SMILES string of the molecule is C[CH2][Cu][CH2]C.O=P(O)(O)O. The van der Waals surface area contributed by atoms with Crippen LogP contribution in [0.2, 0.25) is 10.6 Å². The minimum atomic E-state index is -4.64. The maximum Gasteiger partial charge on any atom is 0.466 e. The molecule has 0 aromatic heterocycles. The zero-order valence-corrected chi connectivity index (χ0v) is 7.75. The van der Waals surface area contributed by atoms with Crippen molar-refractivity contribution in [2.24, 2.45) is 0 Å². The van der Waals surface area contributed by atoms with Gasteiger partial charge in [-0.15, -0.1) is 0 Å². The van der Waals surface area contributed by atoms with Crippen molar-refractivity contribution in [3.05, 3.63) is 0 Å². The van der Waals surface area contributed by atoms with E-state index in [1.807, 2.05) is 15.0 Å². The molecule has 69 valence electrons. The molecule has 0 atom stereocenters. The second-order valence-corrected chi connectivity index (χ2v) is 3.92. The molecule has 0 amide bonds. The minimum absolute atomic E-state index is 1.25. The van der Waals surface area contributed by atoms with Crippen LogP contribution < -0.4 is 0 Å². The van der Waals surface area contributed by atoms with Gasteiger partial charge in [-0.1, -0.05) is 0 Å². The topological polar surface area (TPSA) is 77.8 Å². The largest absolute Gasteiger partial charge is 0.466 e. The summed E-state index contributed by atoms with van der Waals surface area (Å²) >= 11 is 2.03. The van der Waals surface area contributed by atoms with Crippen LogP contribution in [0.3, 0.4) is 0 Å². The standard InChI is InChI=1S/2C2H5.Cu.H3O4P/c2*1-2;;1-5(2,3)4/h2*1H2,2H3;;(H3,1,2,3,4). The first-order valence-corrected chi connectivity index (χ1v) is 5.52. The summed E-state index contributed by atoms with van der Waals surface area (Å²) in [7, 11) is -4.64. The van der Waals surface area contributed by atoms with Crippen molar-refractivity contribution in [3.8, 4) is 0 Å². The molecule has 0 saturated carbocycles. The average Bonchev–Trinajstić information content (AvgIpc) is 1.63. The molecule has 4 nitrogen and oxygen atoms in total. The average molecular weight is 220 g/mol. The second kappa shape index (κ2) is 7.73. The number of rotatable bonds is 2. The summed E-state index contributed by atoms with van der Waals surface area (Å²) in [6, 6.07) is 0. The Labute approximate surface area is 67.1 Å². The van der Waals surface area contributed by atoms with Gasteiger partial charge in [0.05, 0.1) is 0 Å². The molecule has 0 aliphatic rings. The van der Waals surface area contributed by atoms with Crippen molar-refractivity contribution in [1.82, 2.24) is 0 Å². The third-order valence-electron chi connectivity index (χ3n) is 0.302. The zero-order chi connectivity index (χ0) is 8.62. The molecule has 0 bridgehead atoms. The Bertz CT molecular complexity index is 91.2. The predicted octanol–water partition coefficient (Wildman–Crippen LogP) is 1.02. The summed E-state index contributed by atoms with van der Waals surface area (Å²) in [6.45, 7) is 4.34. The van der Waals surface area contributed by atoms with Gasteiger partial charge in [0.2, 0.25) is 0 Å². The molecule has 0 aromatic carbocycles. The van der Waals surface area contributed by atoms with Gasteiger partial charge in [-0.25, -0.2) is 4.57 Å². The Morgan fingerprint density at radius 3 is 1.40 bits per heavy atom. The van der Waals surface area contributed by atoms with Gasteiger partial charge in [0, 0.05) is 0 Å². The second-order valence-electron chi connectivity index (χ2n) is 1.09. The minimum Gasteiger partial charge on any atom is -0.303 e. The Kier molecular flexibility index (Phi) is 10.2. The molecule has 0 aliphatic carbocycles. The third kappa shape index (κ3) is 72.6. The van der Waals surface area contributed by atoms with E-state index in [2.05, 4.69) is 13.8 Å². The first-order valence-electron chi connectivity index (χ1n) is 2.62. The zero-order valence-electron chi connectivity index (χ0n) is 5.91. The summed E-state index contributed by atoms with van der Waals surface area (Å²) in [5, 5.41) is 2.50. The van der Waals surface area contributed by atoms with Gasteiger partial charge in [0.1, 0.15) is 0 Å². The molecule has 0 unspecified atom stereocenters. The molecule has 0 aliphatic heterocycles. The predicted molar refractivity (Wildman–Crippen MR) is 35.2 cm³/mol. The molecular weight excluding hydrogens is 207 g/mol. The first-order chi connectivity index (χ1) is 4.41. The Balaban J connectivity index is 0. The van der Waals surface area contributed by atoms with Gasteiger partial charge in [0.15, 0.2) is 0 Å². The molecule has 10 heavy (non-hydrogen) atoms. The van der Waals surface area contributed by atoms with Gasteiger partial charge >= 0.3 is 47.3 Å². The van der Waals surface area contributed by atoms with Crippen LogP contribution in [-0.4, -0.2) is 14.7 Å². The molecule has 0 aromatic rings. The molecule has 0 spiro atoms. The van der Waals surface area contributed by atoms with E-state index in [-0.39, 0.29) is 0 Å². The van der Waals surface area contributed by atoms with Crippen LogP contribution in [-0.2, 0) is 19.5 Å². The van der Waals surface area contributed by atoms with E-state index in [1.165, 1.54) is 10.6 Å². The molecular formula is C4H13CuO4P. The van der Waals surface area contributed by atoms with E-state index in [0.717, 1.165) is 0 Å². The van der Waals surface area contributed by atoms with E-state index in [9.17, 15) is 0 Å². The fourth-order valence-electron chi connectivity index (χ4n) is 0.151. The molecule has 0 rings (SSSR count). The molecule has 0 fully saturated rings. The smallest absolute Gasteiger partial charge is 0.303 e. The molecule has 3 N–H and O–H groups in total. The summed E-state index contributed by atoms with van der Waals surface area (Å²) in [4.78, 5) is 21.6. The van der Waals surface area contributed by atoms with Crippen LogP contribution >= 0.6 is 7.82 Å². The maximum absolute atomic E-state index is 8.88. The van der Waals surface area contributed by atoms with Crippen molar-refractivity contribution in [1.29, 1.82) is 0 Å². The fourth-order valence-corrected chi connectivity index (χ4v) is 0.622. The third-order valence-corrected chi connectivity index (χ3v) is 1.24. The van der Waals surface area contributed by atoms with Crippen LogP contribution in [0.25, 0.3) is 0 Å². The number of phosphoric acid groups is 1. The number of hydrogen-bond acceptors (Lipinski definition) is 1. The monoisotopic (exact) mass is 219 g/mol. The molecule has 0 heterocycles. The molecule has 6 heteroatoms. The van der Waals surface area contributed by atoms with E-state index >= 15 is 0 Å². The van der Waals surface area contributed by atoms with E-state index in [1.54, 1.807) is 0 Å². The first kappa shape index (κ1) is 13.2. The summed E-state index contributed by atoms with van der Waals surface area (Å²) < 4.78 is 8.88. The van der Waals surface area contributed by atoms with Crippen molar-refractivity contribution in [3.63, 3.8) is 0 Å². The van der Waals surface area contributed by atoms with Gasteiger partial charge < -0.3 is 14.7 Å². The Morgan fingerprint density at radius 2 is 1.40 bits per heavy atom. The summed E-state index contributed by atoms with van der Waals surface area (Å²) in [5.74, 6) is 0. The summed E-state index contributed by atoms with van der Waals surface area (Å²) in [6.07, 6.45) is 0. The van der Waals surface area contributed by atoms with Crippen LogP contribution in [0, 0.1) is 0 Å². The van der Waals surface area contributed by atoms with Crippen molar-refractivity contribution in [2.75, 3.05) is 0 Å². The molecule has 0 saturated heterocycles. The van der Waals surface area contributed by atoms with E-state index in [4.69, 9.17) is 19.2 Å². The van der Waals surface area contributed by atoms with Gasteiger partial charge in [0.25, 0.3) is 0 Å². The van der Waals surface area contributed by atoms with Crippen LogP contribution in [0.4, 0.5) is 0 Å². The van der Waals surface area contributed by atoms with Crippen molar-refractivity contribution < 1.29 is 34.2 Å². The molecule has 0 radical (unpaired) electrons. The van der Waals surface area contributed by atoms with Gasteiger partial charge in [-0.3, -0.25) is 0 Å².